The van der Waals surface area contributed by atoms with Crippen molar-refractivity contribution < 1.29 is 0 Å². The zero-order valence-corrected chi connectivity index (χ0v) is 14.5. The smallest absolute Gasteiger partial charge is 0.158 e. The second-order valence-corrected chi connectivity index (χ2v) is 6.77. The number of hydrogen-bond acceptors (Lipinski definition) is 4. The van der Waals surface area contributed by atoms with Gasteiger partial charge in [0.2, 0.25) is 0 Å². The van der Waals surface area contributed by atoms with Gasteiger partial charge in [-0.3, -0.25) is 0 Å². The molecule has 5 nitrogen and oxygen atoms in total. The number of likely N-dealkylation sites (N-methyl/N-ethyl adjacent to an activating group) is 1. The number of aryl methyl sites for hydroxylation is 1. The van der Waals surface area contributed by atoms with Gasteiger partial charge in [-0.15, -0.1) is 0 Å². The molecule has 0 spiro atoms. The van der Waals surface area contributed by atoms with Crippen molar-refractivity contribution >= 4 is 11.5 Å². The summed E-state index contributed by atoms with van der Waals surface area (Å²) < 4.78 is 1.99. The van der Waals surface area contributed by atoms with Crippen molar-refractivity contribution in [2.75, 3.05) is 32.1 Å². The Balaban J connectivity index is 1.81. The SMILES string of the molecule is Cc1cc2nc(-c3ccccc3)cc(N3CCC(N(C)C)C3)n2n1. The van der Waals surface area contributed by atoms with Gasteiger partial charge in [0.1, 0.15) is 5.82 Å². The van der Waals surface area contributed by atoms with Crippen LogP contribution in [0.25, 0.3) is 16.9 Å². The monoisotopic (exact) mass is 321 g/mol. The van der Waals surface area contributed by atoms with E-state index in [4.69, 9.17) is 4.98 Å². The largest absolute Gasteiger partial charge is 0.355 e. The van der Waals surface area contributed by atoms with Crippen LogP contribution in [0.15, 0.2) is 42.5 Å². The maximum atomic E-state index is 4.82. The van der Waals surface area contributed by atoms with Gasteiger partial charge in [0.05, 0.1) is 11.4 Å². The molecule has 1 atom stereocenters. The van der Waals surface area contributed by atoms with E-state index < -0.39 is 0 Å². The summed E-state index contributed by atoms with van der Waals surface area (Å²) in [4.78, 5) is 9.56. The summed E-state index contributed by atoms with van der Waals surface area (Å²) in [6.45, 7) is 4.10. The first-order chi connectivity index (χ1) is 11.6. The molecule has 4 rings (SSSR count). The van der Waals surface area contributed by atoms with Crippen molar-refractivity contribution in [2.45, 2.75) is 19.4 Å². The molecule has 3 heterocycles. The summed E-state index contributed by atoms with van der Waals surface area (Å²) in [5.74, 6) is 1.14. The van der Waals surface area contributed by atoms with Crippen molar-refractivity contribution in [3.05, 3.63) is 48.2 Å². The molecule has 0 aliphatic carbocycles. The van der Waals surface area contributed by atoms with Gasteiger partial charge < -0.3 is 9.80 Å². The highest BCUT2D eigenvalue weighted by molar-refractivity contribution is 5.67. The highest BCUT2D eigenvalue weighted by atomic mass is 15.4. The quantitative estimate of drug-likeness (QED) is 0.743. The van der Waals surface area contributed by atoms with Crippen LogP contribution in [-0.4, -0.2) is 52.7 Å². The molecule has 2 aromatic heterocycles. The van der Waals surface area contributed by atoms with E-state index in [2.05, 4.69) is 65.4 Å². The van der Waals surface area contributed by atoms with Crippen LogP contribution < -0.4 is 4.90 Å². The number of benzene rings is 1. The number of anilines is 1. The fourth-order valence-electron chi connectivity index (χ4n) is 3.43. The van der Waals surface area contributed by atoms with Gasteiger partial charge in [-0.05, 0) is 27.4 Å². The van der Waals surface area contributed by atoms with Crippen LogP contribution in [0, 0.1) is 6.92 Å². The number of fused-ring (bicyclic) bond motifs is 1. The van der Waals surface area contributed by atoms with Crippen LogP contribution in [0.3, 0.4) is 0 Å². The zero-order chi connectivity index (χ0) is 16.7. The first-order valence-corrected chi connectivity index (χ1v) is 8.46. The summed E-state index contributed by atoms with van der Waals surface area (Å²) in [6.07, 6.45) is 1.18. The van der Waals surface area contributed by atoms with Gasteiger partial charge in [-0.25, -0.2) is 4.98 Å². The molecular formula is C19H23N5. The highest BCUT2D eigenvalue weighted by Crippen LogP contribution is 2.27. The van der Waals surface area contributed by atoms with Crippen LogP contribution >= 0.6 is 0 Å². The first-order valence-electron chi connectivity index (χ1n) is 8.46. The van der Waals surface area contributed by atoms with E-state index in [9.17, 15) is 0 Å². The predicted molar refractivity (Wildman–Crippen MR) is 97.5 cm³/mol. The Hall–Kier alpha value is -2.40. The van der Waals surface area contributed by atoms with Crippen LogP contribution in [0.2, 0.25) is 0 Å². The summed E-state index contributed by atoms with van der Waals surface area (Å²) >= 11 is 0. The summed E-state index contributed by atoms with van der Waals surface area (Å²) in [6, 6.07) is 15.2. The molecule has 1 aliphatic heterocycles. The van der Waals surface area contributed by atoms with Crippen LogP contribution in [0.1, 0.15) is 12.1 Å². The molecule has 1 unspecified atom stereocenters. The maximum absolute atomic E-state index is 4.82. The lowest BCUT2D eigenvalue weighted by atomic mass is 10.1. The van der Waals surface area contributed by atoms with Crippen LogP contribution in [0.5, 0.6) is 0 Å². The van der Waals surface area contributed by atoms with Gasteiger partial charge in [-0.2, -0.15) is 9.61 Å². The van der Waals surface area contributed by atoms with E-state index in [0.717, 1.165) is 41.5 Å². The molecular weight excluding hydrogens is 298 g/mol. The minimum atomic E-state index is 0.588. The Bertz CT molecular complexity index is 853. The third-order valence-corrected chi connectivity index (χ3v) is 4.82. The molecule has 1 aliphatic rings. The Labute approximate surface area is 142 Å². The third kappa shape index (κ3) is 2.65. The molecule has 1 aromatic carbocycles. The molecule has 124 valence electrons. The molecule has 0 N–H and O–H groups in total. The molecule has 1 saturated heterocycles. The van der Waals surface area contributed by atoms with E-state index in [0.29, 0.717) is 6.04 Å². The average molecular weight is 321 g/mol. The Morgan fingerprint density at radius 3 is 2.62 bits per heavy atom. The van der Waals surface area contributed by atoms with Crippen molar-refractivity contribution in [3.63, 3.8) is 0 Å². The predicted octanol–water partition coefficient (Wildman–Crippen LogP) is 2.85. The van der Waals surface area contributed by atoms with Gasteiger partial charge >= 0.3 is 0 Å². The van der Waals surface area contributed by atoms with Crippen molar-refractivity contribution in [1.82, 2.24) is 19.5 Å². The summed E-state index contributed by atoms with van der Waals surface area (Å²) in [5.41, 5.74) is 4.06. The van der Waals surface area contributed by atoms with E-state index in [1.54, 1.807) is 0 Å². The number of nitrogens with zero attached hydrogens (tertiary/aromatic N) is 5. The minimum Gasteiger partial charge on any atom is -0.355 e. The van der Waals surface area contributed by atoms with E-state index in [1.165, 1.54) is 6.42 Å². The Kier molecular flexibility index (Phi) is 3.73. The Morgan fingerprint density at radius 2 is 1.92 bits per heavy atom. The molecule has 0 amide bonds. The topological polar surface area (TPSA) is 36.7 Å². The fraction of sp³-hybridized carbons (Fsp3) is 0.368. The lowest BCUT2D eigenvalue weighted by molar-refractivity contribution is 0.315. The van der Waals surface area contributed by atoms with Crippen molar-refractivity contribution in [2.24, 2.45) is 0 Å². The second-order valence-electron chi connectivity index (χ2n) is 6.77. The normalized spacial score (nSPS) is 18.0. The van der Waals surface area contributed by atoms with Crippen LogP contribution in [-0.2, 0) is 0 Å². The minimum absolute atomic E-state index is 0.588. The number of aromatic nitrogens is 3. The fourth-order valence-corrected chi connectivity index (χ4v) is 3.43. The number of hydrogen-bond donors (Lipinski definition) is 0. The average Bonchev–Trinajstić information content (AvgIpc) is 3.20. The molecule has 3 aromatic rings. The standard InChI is InChI=1S/C19H23N5/c1-14-11-18-20-17(15-7-5-4-6-8-15)12-19(24(18)21-14)23-10-9-16(13-23)22(2)3/h4-8,11-12,16H,9-10,13H2,1-3H3. The summed E-state index contributed by atoms with van der Waals surface area (Å²) in [5, 5.41) is 4.66. The molecule has 0 saturated carbocycles. The van der Waals surface area contributed by atoms with Gasteiger partial charge in [0.25, 0.3) is 0 Å². The van der Waals surface area contributed by atoms with Crippen LogP contribution in [0.4, 0.5) is 5.82 Å². The molecule has 0 radical (unpaired) electrons. The number of rotatable bonds is 3. The van der Waals surface area contributed by atoms with Gasteiger partial charge in [0.15, 0.2) is 5.65 Å². The van der Waals surface area contributed by atoms with E-state index >= 15 is 0 Å². The lowest BCUT2D eigenvalue weighted by Gasteiger charge is -2.22. The third-order valence-electron chi connectivity index (χ3n) is 4.82. The van der Waals surface area contributed by atoms with E-state index in [1.807, 2.05) is 17.5 Å². The highest BCUT2D eigenvalue weighted by Gasteiger charge is 2.26. The van der Waals surface area contributed by atoms with Crippen molar-refractivity contribution in [1.29, 1.82) is 0 Å². The van der Waals surface area contributed by atoms with E-state index in [-0.39, 0.29) is 0 Å². The van der Waals surface area contributed by atoms with Gasteiger partial charge in [0, 0.05) is 36.8 Å². The second kappa shape index (κ2) is 5.91. The molecule has 24 heavy (non-hydrogen) atoms. The summed E-state index contributed by atoms with van der Waals surface area (Å²) in [7, 11) is 4.31. The first kappa shape index (κ1) is 15.1. The lowest BCUT2D eigenvalue weighted by Crippen LogP contribution is -2.32. The zero-order valence-electron chi connectivity index (χ0n) is 14.5. The Morgan fingerprint density at radius 1 is 1.12 bits per heavy atom. The van der Waals surface area contributed by atoms with Gasteiger partial charge in [-0.1, -0.05) is 30.3 Å². The van der Waals surface area contributed by atoms with Crippen molar-refractivity contribution in [3.8, 4) is 11.3 Å². The molecule has 1 fully saturated rings. The molecule has 0 bridgehead atoms. The molecule has 5 heteroatoms. The maximum Gasteiger partial charge on any atom is 0.158 e.